The molecule has 1 aromatic carbocycles. The van der Waals surface area contributed by atoms with Crippen molar-refractivity contribution in [3.05, 3.63) is 24.0 Å². The average Bonchev–Trinajstić information content (AvgIpc) is 2.34. The number of rotatable bonds is 5. The Balaban J connectivity index is 2.76. The molecule has 1 aromatic rings. The Morgan fingerprint density at radius 2 is 2.00 bits per heavy atom. The summed E-state index contributed by atoms with van der Waals surface area (Å²) < 4.78 is 25.1. The van der Waals surface area contributed by atoms with Gasteiger partial charge in [0.05, 0.1) is 16.5 Å². The summed E-state index contributed by atoms with van der Waals surface area (Å²) in [5.74, 6) is -0.947. The fourth-order valence-corrected chi connectivity index (χ4v) is 2.54. The monoisotopic (exact) mass is 272 g/mol. The summed E-state index contributed by atoms with van der Waals surface area (Å²) in [6.07, 6.45) is 0. The second-order valence-electron chi connectivity index (χ2n) is 3.74. The molecule has 2 N–H and O–H groups in total. The molecule has 4 nitrogen and oxygen atoms in total. The van der Waals surface area contributed by atoms with Crippen molar-refractivity contribution in [3.8, 4) is 0 Å². The topological polar surface area (TPSA) is 63.4 Å². The largest absolute Gasteiger partial charge is 0.396 e. The average molecular weight is 272 g/mol. The number of amides is 1. The van der Waals surface area contributed by atoms with Gasteiger partial charge < -0.3 is 10.6 Å². The molecule has 0 saturated heterocycles. The van der Waals surface area contributed by atoms with Crippen LogP contribution in [0.4, 0.5) is 10.1 Å². The third-order valence-electron chi connectivity index (χ3n) is 2.61. The van der Waals surface area contributed by atoms with E-state index in [9.17, 15) is 13.4 Å². The van der Waals surface area contributed by atoms with Gasteiger partial charge in [0.1, 0.15) is 11.6 Å². The Morgan fingerprint density at radius 3 is 2.50 bits per heavy atom. The molecule has 0 aliphatic carbocycles. The van der Waals surface area contributed by atoms with Crippen molar-refractivity contribution in [2.24, 2.45) is 0 Å². The first-order valence-electron chi connectivity index (χ1n) is 5.70. The van der Waals surface area contributed by atoms with Crippen LogP contribution in [0, 0.1) is 5.82 Å². The SMILES string of the molecule is CCN(CC)C(=O)CS(=O)c1ccc(N)c(F)c1. The molecule has 0 saturated carbocycles. The molecule has 1 amide bonds. The van der Waals surface area contributed by atoms with E-state index in [1.165, 1.54) is 12.1 Å². The van der Waals surface area contributed by atoms with Crippen molar-refractivity contribution in [1.29, 1.82) is 0 Å². The molecule has 1 atom stereocenters. The predicted molar refractivity (Wildman–Crippen MR) is 70.0 cm³/mol. The fourth-order valence-electron chi connectivity index (χ4n) is 1.51. The summed E-state index contributed by atoms with van der Waals surface area (Å²) in [6, 6.07) is 3.94. The third kappa shape index (κ3) is 3.53. The molecule has 0 radical (unpaired) electrons. The zero-order valence-corrected chi connectivity index (χ0v) is 11.3. The van der Waals surface area contributed by atoms with Crippen LogP contribution in [0.3, 0.4) is 0 Å². The Morgan fingerprint density at radius 1 is 1.39 bits per heavy atom. The van der Waals surface area contributed by atoms with Gasteiger partial charge >= 0.3 is 0 Å². The predicted octanol–water partition coefficient (Wildman–Crippen LogP) is 1.38. The van der Waals surface area contributed by atoms with Crippen LogP contribution in [0.25, 0.3) is 0 Å². The molecule has 1 rings (SSSR count). The number of nitrogen functional groups attached to an aromatic ring is 1. The Labute approximate surface area is 108 Å². The zero-order chi connectivity index (χ0) is 13.7. The fraction of sp³-hybridized carbons (Fsp3) is 0.417. The molecule has 0 aromatic heterocycles. The van der Waals surface area contributed by atoms with Gasteiger partial charge in [0, 0.05) is 18.0 Å². The van der Waals surface area contributed by atoms with Gasteiger partial charge in [0.15, 0.2) is 0 Å². The molecule has 0 aliphatic rings. The summed E-state index contributed by atoms with van der Waals surface area (Å²) in [5, 5.41) is 0. The van der Waals surface area contributed by atoms with E-state index in [4.69, 9.17) is 5.73 Å². The number of nitrogens with two attached hydrogens (primary N) is 1. The number of carbonyl (C=O) groups is 1. The van der Waals surface area contributed by atoms with Crippen molar-refractivity contribution in [3.63, 3.8) is 0 Å². The highest BCUT2D eigenvalue weighted by molar-refractivity contribution is 7.85. The van der Waals surface area contributed by atoms with Gasteiger partial charge in [-0.25, -0.2) is 4.39 Å². The molecule has 0 heterocycles. The lowest BCUT2D eigenvalue weighted by molar-refractivity contribution is -0.128. The minimum absolute atomic E-state index is 0.00539. The lowest BCUT2D eigenvalue weighted by atomic mass is 10.3. The standard InChI is InChI=1S/C12H17FN2O2S/c1-3-15(4-2)12(16)8-18(17)9-5-6-11(14)10(13)7-9/h5-7H,3-4,8,14H2,1-2H3. The summed E-state index contributed by atoms with van der Waals surface area (Å²) in [5.41, 5.74) is 5.34. The van der Waals surface area contributed by atoms with Crippen molar-refractivity contribution in [2.45, 2.75) is 18.7 Å². The summed E-state index contributed by atoms with van der Waals surface area (Å²) in [7, 11) is -1.54. The van der Waals surface area contributed by atoms with Crippen LogP contribution >= 0.6 is 0 Å². The number of hydrogen-bond acceptors (Lipinski definition) is 3. The second-order valence-corrected chi connectivity index (χ2v) is 5.19. The highest BCUT2D eigenvalue weighted by atomic mass is 32.2. The third-order valence-corrected chi connectivity index (χ3v) is 3.89. The van der Waals surface area contributed by atoms with Crippen LogP contribution in [-0.2, 0) is 15.6 Å². The van der Waals surface area contributed by atoms with Crippen LogP contribution in [-0.4, -0.2) is 33.9 Å². The van der Waals surface area contributed by atoms with Gasteiger partial charge in [-0.3, -0.25) is 9.00 Å². The number of halogens is 1. The molecule has 0 fully saturated rings. The van der Waals surface area contributed by atoms with Gasteiger partial charge in [0.25, 0.3) is 0 Å². The Bertz CT molecular complexity index is 461. The number of hydrogen-bond donors (Lipinski definition) is 1. The van der Waals surface area contributed by atoms with E-state index in [1.807, 2.05) is 13.8 Å². The molecule has 6 heteroatoms. The summed E-state index contributed by atoms with van der Waals surface area (Å²) >= 11 is 0. The lowest BCUT2D eigenvalue weighted by Crippen LogP contribution is -2.34. The first-order chi connectivity index (χ1) is 8.49. The summed E-state index contributed by atoms with van der Waals surface area (Å²) in [4.78, 5) is 13.6. The molecule has 18 heavy (non-hydrogen) atoms. The molecular weight excluding hydrogens is 255 g/mol. The minimum Gasteiger partial charge on any atom is -0.396 e. The number of nitrogens with zero attached hydrogens (tertiary/aromatic N) is 1. The van der Waals surface area contributed by atoms with Crippen LogP contribution in [0.15, 0.2) is 23.1 Å². The molecule has 100 valence electrons. The smallest absolute Gasteiger partial charge is 0.235 e. The van der Waals surface area contributed by atoms with Gasteiger partial charge in [-0.05, 0) is 32.0 Å². The highest BCUT2D eigenvalue weighted by Crippen LogP contribution is 2.15. The van der Waals surface area contributed by atoms with Gasteiger partial charge in [0.2, 0.25) is 5.91 Å². The summed E-state index contributed by atoms with van der Waals surface area (Å²) in [6.45, 7) is 4.85. The first-order valence-corrected chi connectivity index (χ1v) is 7.02. The number of carbonyl (C=O) groups excluding carboxylic acids is 1. The van der Waals surface area contributed by atoms with Crippen molar-refractivity contribution in [2.75, 3.05) is 24.6 Å². The Kier molecular flexibility index (Phi) is 5.27. The van der Waals surface area contributed by atoms with E-state index in [0.717, 1.165) is 6.07 Å². The van der Waals surface area contributed by atoms with E-state index in [1.54, 1.807) is 4.90 Å². The molecule has 0 aliphatic heterocycles. The maximum Gasteiger partial charge on any atom is 0.235 e. The van der Waals surface area contributed by atoms with Gasteiger partial charge in [-0.1, -0.05) is 0 Å². The van der Waals surface area contributed by atoms with Crippen LogP contribution in [0.5, 0.6) is 0 Å². The van der Waals surface area contributed by atoms with E-state index < -0.39 is 16.6 Å². The van der Waals surface area contributed by atoms with E-state index in [0.29, 0.717) is 13.1 Å². The van der Waals surface area contributed by atoms with E-state index >= 15 is 0 Å². The van der Waals surface area contributed by atoms with Gasteiger partial charge in [-0.15, -0.1) is 0 Å². The van der Waals surface area contributed by atoms with E-state index in [-0.39, 0.29) is 22.2 Å². The maximum absolute atomic E-state index is 13.2. The van der Waals surface area contributed by atoms with Crippen LogP contribution in [0.1, 0.15) is 13.8 Å². The van der Waals surface area contributed by atoms with Gasteiger partial charge in [-0.2, -0.15) is 0 Å². The molecular formula is C12H17FN2O2S. The second kappa shape index (κ2) is 6.49. The molecule has 0 bridgehead atoms. The van der Waals surface area contributed by atoms with Crippen LogP contribution in [0.2, 0.25) is 0 Å². The number of benzene rings is 1. The van der Waals surface area contributed by atoms with Crippen molar-refractivity contribution < 1.29 is 13.4 Å². The normalized spacial score (nSPS) is 12.2. The zero-order valence-electron chi connectivity index (χ0n) is 10.5. The molecule has 0 spiro atoms. The quantitative estimate of drug-likeness (QED) is 0.824. The van der Waals surface area contributed by atoms with Crippen molar-refractivity contribution >= 4 is 22.4 Å². The van der Waals surface area contributed by atoms with Crippen molar-refractivity contribution in [1.82, 2.24) is 4.90 Å². The maximum atomic E-state index is 13.2. The minimum atomic E-state index is -1.54. The van der Waals surface area contributed by atoms with E-state index in [2.05, 4.69) is 0 Å². The number of anilines is 1. The van der Waals surface area contributed by atoms with Crippen LogP contribution < -0.4 is 5.73 Å². The highest BCUT2D eigenvalue weighted by Gasteiger charge is 2.15. The Hall–Kier alpha value is -1.43. The molecule has 1 unspecified atom stereocenters. The first kappa shape index (κ1) is 14.6. The lowest BCUT2D eigenvalue weighted by Gasteiger charge is -2.18.